The van der Waals surface area contributed by atoms with Crippen molar-refractivity contribution in [2.24, 2.45) is 0 Å². The molecule has 25 heavy (non-hydrogen) atoms. The Kier molecular flexibility index (Phi) is 4.65. The molecule has 2 heterocycles. The quantitative estimate of drug-likeness (QED) is 0.556. The second-order valence-corrected chi connectivity index (χ2v) is 6.11. The van der Waals surface area contributed by atoms with Gasteiger partial charge in [0.1, 0.15) is 11.6 Å². The van der Waals surface area contributed by atoms with Gasteiger partial charge in [-0.05, 0) is 30.3 Å². The molecule has 0 aliphatic carbocycles. The van der Waals surface area contributed by atoms with Crippen molar-refractivity contribution >= 4 is 17.4 Å². The van der Waals surface area contributed by atoms with Gasteiger partial charge in [-0.25, -0.2) is 8.78 Å². The summed E-state index contributed by atoms with van der Waals surface area (Å²) in [6.45, 7) is 0. The molecular formula is C15H10F5N3OS. The molecule has 0 saturated heterocycles. The van der Waals surface area contributed by atoms with E-state index in [1.165, 1.54) is 6.07 Å². The predicted molar refractivity (Wildman–Crippen MR) is 80.0 cm³/mol. The largest absolute Gasteiger partial charge is 0.417 e. The minimum absolute atomic E-state index is 0.0944. The molecule has 1 N–H and O–H groups in total. The van der Waals surface area contributed by atoms with Gasteiger partial charge in [0.2, 0.25) is 0 Å². The Balaban J connectivity index is 1.82. The molecule has 0 radical (unpaired) electrons. The lowest BCUT2D eigenvalue weighted by atomic mass is 10.1. The minimum atomic E-state index is -4.52. The van der Waals surface area contributed by atoms with Crippen LogP contribution in [0.1, 0.15) is 17.2 Å². The molecule has 4 nitrogen and oxygen atoms in total. The summed E-state index contributed by atoms with van der Waals surface area (Å²) < 4.78 is 66.3. The molecule has 0 bridgehead atoms. The molecule has 1 atom stereocenters. The van der Waals surface area contributed by atoms with E-state index >= 15 is 0 Å². The Morgan fingerprint density at radius 2 is 1.88 bits per heavy atom. The number of benzene rings is 1. The fourth-order valence-corrected chi connectivity index (χ4v) is 3.02. The number of rotatable bonds is 4. The highest BCUT2D eigenvalue weighted by molar-refractivity contribution is 7.99. The fraction of sp³-hybridized carbons (Fsp3) is 0.200. The van der Waals surface area contributed by atoms with Gasteiger partial charge in [-0.1, -0.05) is 11.8 Å². The van der Waals surface area contributed by atoms with Gasteiger partial charge in [0.05, 0.1) is 11.7 Å². The van der Waals surface area contributed by atoms with Crippen LogP contribution >= 0.6 is 11.8 Å². The van der Waals surface area contributed by atoms with E-state index in [9.17, 15) is 27.1 Å². The van der Waals surface area contributed by atoms with Crippen LogP contribution in [0.4, 0.5) is 22.0 Å². The van der Waals surface area contributed by atoms with Crippen LogP contribution in [0, 0.1) is 11.6 Å². The topological polar surface area (TPSA) is 50.4 Å². The first kappa shape index (κ1) is 17.6. The van der Waals surface area contributed by atoms with E-state index in [1.807, 2.05) is 0 Å². The number of hydrogen-bond donors (Lipinski definition) is 1. The van der Waals surface area contributed by atoms with Crippen molar-refractivity contribution in [1.82, 2.24) is 14.6 Å². The molecule has 3 aromatic rings. The third-order valence-corrected chi connectivity index (χ3v) is 4.40. The van der Waals surface area contributed by atoms with Gasteiger partial charge in [0.25, 0.3) is 0 Å². The van der Waals surface area contributed by atoms with Gasteiger partial charge in [-0.3, -0.25) is 4.40 Å². The van der Waals surface area contributed by atoms with Crippen LogP contribution in [0.3, 0.4) is 0 Å². The summed E-state index contributed by atoms with van der Waals surface area (Å²) in [5, 5.41) is 17.6. The number of aliphatic hydroxyl groups is 1. The van der Waals surface area contributed by atoms with E-state index in [1.54, 1.807) is 0 Å². The van der Waals surface area contributed by atoms with Crippen molar-refractivity contribution in [3.05, 3.63) is 59.3 Å². The maximum absolute atomic E-state index is 13.6. The van der Waals surface area contributed by atoms with Gasteiger partial charge < -0.3 is 5.11 Å². The van der Waals surface area contributed by atoms with E-state index in [-0.39, 0.29) is 22.1 Å². The average Bonchev–Trinajstić information content (AvgIpc) is 2.96. The standard InChI is InChI=1S/C15H10F5N3OS/c16-9-2-3-11(17)10(5-9)12(24)7-25-14-22-21-13-4-1-8(6-23(13)14)15(18,19)20/h1-6,12,24H,7H2. The number of alkyl halides is 3. The molecule has 1 aromatic carbocycles. The van der Waals surface area contributed by atoms with Crippen LogP contribution in [0.5, 0.6) is 0 Å². The molecule has 1 unspecified atom stereocenters. The molecule has 2 aromatic heterocycles. The predicted octanol–water partition coefficient (Wildman–Crippen LogP) is 3.85. The number of fused-ring (bicyclic) bond motifs is 1. The second kappa shape index (κ2) is 6.60. The zero-order valence-corrected chi connectivity index (χ0v) is 13.2. The zero-order chi connectivity index (χ0) is 18.2. The molecule has 0 amide bonds. The highest BCUT2D eigenvalue weighted by atomic mass is 32.2. The summed E-state index contributed by atoms with van der Waals surface area (Å²) in [6.07, 6.45) is -5.05. The first-order valence-electron chi connectivity index (χ1n) is 6.93. The van der Waals surface area contributed by atoms with E-state index in [0.29, 0.717) is 0 Å². The van der Waals surface area contributed by atoms with Gasteiger partial charge >= 0.3 is 6.18 Å². The van der Waals surface area contributed by atoms with Crippen LogP contribution in [0.15, 0.2) is 41.7 Å². The van der Waals surface area contributed by atoms with E-state index in [0.717, 1.165) is 46.6 Å². The monoisotopic (exact) mass is 375 g/mol. The van der Waals surface area contributed by atoms with Crippen molar-refractivity contribution in [2.75, 3.05) is 5.75 Å². The molecule has 10 heteroatoms. The first-order chi connectivity index (χ1) is 11.8. The summed E-state index contributed by atoms with van der Waals surface area (Å²) in [4.78, 5) is 0. The van der Waals surface area contributed by atoms with Crippen LogP contribution in [0.2, 0.25) is 0 Å². The SMILES string of the molecule is OC(CSc1nnc2ccc(C(F)(F)F)cn12)c1cc(F)ccc1F. The smallest absolute Gasteiger partial charge is 0.387 e. The molecule has 3 rings (SSSR count). The van der Waals surface area contributed by atoms with Gasteiger partial charge in [0, 0.05) is 17.5 Å². The van der Waals surface area contributed by atoms with Crippen LogP contribution in [0.25, 0.3) is 5.65 Å². The number of aliphatic hydroxyl groups excluding tert-OH is 1. The molecule has 0 aliphatic rings. The van der Waals surface area contributed by atoms with Crippen LogP contribution in [-0.4, -0.2) is 25.5 Å². The van der Waals surface area contributed by atoms with E-state index in [4.69, 9.17) is 0 Å². The Labute approximate surface area is 142 Å². The molecule has 0 fully saturated rings. The summed E-state index contributed by atoms with van der Waals surface area (Å²) >= 11 is 0.876. The Morgan fingerprint density at radius 3 is 2.60 bits per heavy atom. The number of halogens is 5. The van der Waals surface area contributed by atoms with E-state index < -0.39 is 29.5 Å². The molecule has 0 spiro atoms. The number of hydrogen-bond acceptors (Lipinski definition) is 4. The molecule has 0 aliphatic heterocycles. The minimum Gasteiger partial charge on any atom is -0.387 e. The Hall–Kier alpha value is -2.20. The van der Waals surface area contributed by atoms with E-state index in [2.05, 4.69) is 10.2 Å². The third-order valence-electron chi connectivity index (χ3n) is 3.39. The number of thioether (sulfide) groups is 1. The van der Waals surface area contributed by atoms with Crippen LogP contribution in [-0.2, 0) is 6.18 Å². The van der Waals surface area contributed by atoms with Crippen molar-refractivity contribution in [2.45, 2.75) is 17.4 Å². The highest BCUT2D eigenvalue weighted by Gasteiger charge is 2.31. The Bertz CT molecular complexity index is 912. The van der Waals surface area contributed by atoms with Crippen LogP contribution < -0.4 is 0 Å². The van der Waals surface area contributed by atoms with Crippen molar-refractivity contribution in [3.8, 4) is 0 Å². The summed E-state index contributed by atoms with van der Waals surface area (Å²) in [5.41, 5.74) is -0.919. The normalized spacial score (nSPS) is 13.4. The first-order valence-corrected chi connectivity index (χ1v) is 7.92. The zero-order valence-electron chi connectivity index (χ0n) is 12.3. The summed E-state index contributed by atoms with van der Waals surface area (Å²) in [7, 11) is 0. The molecule has 132 valence electrons. The second-order valence-electron chi connectivity index (χ2n) is 5.12. The molecule has 0 saturated carbocycles. The fourth-order valence-electron chi connectivity index (χ4n) is 2.15. The van der Waals surface area contributed by atoms with Gasteiger partial charge in [0.15, 0.2) is 10.8 Å². The molecular weight excluding hydrogens is 365 g/mol. The maximum Gasteiger partial charge on any atom is 0.417 e. The van der Waals surface area contributed by atoms with Gasteiger partial charge in [-0.15, -0.1) is 10.2 Å². The summed E-state index contributed by atoms with van der Waals surface area (Å²) in [6, 6.07) is 4.73. The van der Waals surface area contributed by atoms with Crippen molar-refractivity contribution in [3.63, 3.8) is 0 Å². The van der Waals surface area contributed by atoms with Crippen molar-refractivity contribution < 1.29 is 27.1 Å². The summed E-state index contributed by atoms with van der Waals surface area (Å²) in [5.74, 6) is -1.62. The number of nitrogens with zero attached hydrogens (tertiary/aromatic N) is 3. The lowest BCUT2D eigenvalue weighted by Crippen LogP contribution is -2.07. The average molecular weight is 375 g/mol. The van der Waals surface area contributed by atoms with Crippen molar-refractivity contribution in [1.29, 1.82) is 0 Å². The van der Waals surface area contributed by atoms with Gasteiger partial charge in [-0.2, -0.15) is 13.2 Å². The highest BCUT2D eigenvalue weighted by Crippen LogP contribution is 2.31. The number of aromatic nitrogens is 3. The maximum atomic E-state index is 13.6. The lowest BCUT2D eigenvalue weighted by Gasteiger charge is -2.11. The lowest BCUT2D eigenvalue weighted by molar-refractivity contribution is -0.137. The third kappa shape index (κ3) is 3.74. The number of pyridine rings is 1. The Morgan fingerprint density at radius 1 is 1.12 bits per heavy atom.